The van der Waals surface area contributed by atoms with Gasteiger partial charge in [-0.3, -0.25) is 0 Å². The van der Waals surface area contributed by atoms with E-state index in [1.54, 1.807) is 22.7 Å². The summed E-state index contributed by atoms with van der Waals surface area (Å²) in [6.45, 7) is 0. The van der Waals surface area contributed by atoms with Crippen molar-refractivity contribution in [3.63, 3.8) is 0 Å². The van der Waals surface area contributed by atoms with Gasteiger partial charge in [0, 0.05) is 73.7 Å². The molecule has 24 aromatic rings. The van der Waals surface area contributed by atoms with Gasteiger partial charge in [-0.2, -0.15) is 0 Å². The highest BCUT2D eigenvalue weighted by Gasteiger charge is 2.27. The lowest BCUT2D eigenvalue weighted by molar-refractivity contribution is 1.08. The summed E-state index contributed by atoms with van der Waals surface area (Å²) in [6, 6.07) is 149. The fourth-order valence-corrected chi connectivity index (χ4v) is 20.9. The molecule has 0 atom stereocenters. The Bertz CT molecular complexity index is 8380. The van der Waals surface area contributed by atoms with Crippen molar-refractivity contribution >= 4 is 128 Å². The van der Waals surface area contributed by atoms with Gasteiger partial charge >= 0.3 is 0 Å². The van der Waals surface area contributed by atoms with Crippen LogP contribution in [0.25, 0.3) is 251 Å². The first-order chi connectivity index (χ1) is 60.4. The Morgan fingerprint density at radius 2 is 0.500 bits per heavy atom. The molecule has 0 amide bonds. The Balaban J connectivity index is 0.707. The van der Waals surface area contributed by atoms with Crippen LogP contribution >= 0.6 is 22.7 Å². The topological polar surface area (TPSA) is 77.3 Å². The number of rotatable bonds is 13. The van der Waals surface area contributed by atoms with Gasteiger partial charge in [-0.25, -0.2) is 29.9 Å². The summed E-state index contributed by atoms with van der Waals surface area (Å²) in [5.41, 5.74) is 21.0. The van der Waals surface area contributed by atoms with E-state index in [4.69, 9.17) is 29.9 Å². The van der Waals surface area contributed by atoms with Gasteiger partial charge in [0.2, 0.25) is 0 Å². The maximum Gasteiger partial charge on any atom is 0.165 e. The van der Waals surface area contributed by atoms with Crippen molar-refractivity contribution in [3.05, 3.63) is 413 Å². The van der Waals surface area contributed by atoms with Crippen molar-refractivity contribution in [2.75, 3.05) is 0 Å². The SMILES string of the molecule is c1ccc(-c2ccc(-c3ccc4cccc(-c5nc(-c6c(-c7ccc8ccccc8c7)ccc7ccccc67)nc(-c6cccc7c6sc6cc(-c8cc(-c9ccc(-c%10ccccc%10)cc9)cc9c(-c%10nc(-c%11c(-c%12cccc%13ccccc%12%13)ccc%12ccccc%11%12)nc(-c%11cccc%12c%11sc%11ccccc%11%12)n%10)cccc89)ccc67)n5)c4c3)cc2)cc1. The van der Waals surface area contributed by atoms with E-state index >= 15 is 0 Å². The lowest BCUT2D eigenvalue weighted by atomic mass is 9.90. The molecule has 24 rings (SSSR count). The van der Waals surface area contributed by atoms with Gasteiger partial charge in [0.15, 0.2) is 34.9 Å². The molecule has 0 bridgehead atoms. The van der Waals surface area contributed by atoms with Crippen LogP contribution in [0.3, 0.4) is 0 Å². The zero-order valence-corrected chi connectivity index (χ0v) is 67.4. The second-order valence-electron chi connectivity index (χ2n) is 31.4. The molecule has 6 nitrogen and oxygen atoms in total. The van der Waals surface area contributed by atoms with E-state index in [9.17, 15) is 0 Å². The van der Waals surface area contributed by atoms with Crippen molar-refractivity contribution in [2.24, 2.45) is 0 Å². The Morgan fingerprint density at radius 1 is 0.139 bits per heavy atom. The van der Waals surface area contributed by atoms with E-state index in [2.05, 4.69) is 413 Å². The van der Waals surface area contributed by atoms with Crippen LogP contribution in [-0.4, -0.2) is 29.9 Å². The molecule has 0 N–H and O–H groups in total. The first kappa shape index (κ1) is 70.6. The van der Waals surface area contributed by atoms with Crippen molar-refractivity contribution in [2.45, 2.75) is 0 Å². The summed E-state index contributed by atoms with van der Waals surface area (Å²) in [5.74, 6) is 3.54. The molecular weight excluding hydrogens is 1520 g/mol. The van der Waals surface area contributed by atoms with Gasteiger partial charge in [0.05, 0.1) is 0 Å². The number of hydrogen-bond acceptors (Lipinski definition) is 8. The zero-order valence-electron chi connectivity index (χ0n) is 65.8. The van der Waals surface area contributed by atoms with Crippen LogP contribution in [0.1, 0.15) is 0 Å². The second-order valence-corrected chi connectivity index (χ2v) is 33.6. The molecule has 0 aliphatic carbocycles. The Labute approximate surface area is 711 Å². The quantitative estimate of drug-likeness (QED) is 0.114. The number of benzene rings is 20. The molecule has 566 valence electrons. The average molecular weight is 1590 g/mol. The van der Waals surface area contributed by atoms with Gasteiger partial charge < -0.3 is 0 Å². The van der Waals surface area contributed by atoms with E-state index in [0.717, 1.165) is 184 Å². The molecule has 20 aromatic carbocycles. The molecule has 0 aliphatic rings. The largest absolute Gasteiger partial charge is 0.208 e. The van der Waals surface area contributed by atoms with E-state index in [1.807, 2.05) is 0 Å². The standard InChI is InChI=1S/C114H68N6S2/c1-3-22-69(23-4-1)72-46-50-74(51-47-72)81-56-55-79-32-18-41-96(100(79)65-81)109-115-112(119-113(117-109)105-86-34-13-10-28-77(86)58-61-88(105)82-57-54-71-26-7-8-30-80(71)64-82)99-44-21-40-95-92-62-60-83(68-104(92)122-108(95)99)101-66-84(75-52-48-73(49-53-75)70-24-5-2-6-25-70)67-102-90(101)38-19-42-97(102)110-116-111(98-43-20-39-94-91-36-15-16-45-103(91)121-107(94)98)120-114(118-110)106-87-35-14-11-29-78(87)59-63-93(106)89-37-17-31-76-27-9-12-33-85(76)89/h1-68H. The molecule has 122 heavy (non-hydrogen) atoms. The first-order valence-electron chi connectivity index (χ1n) is 41.3. The third kappa shape index (κ3) is 12.2. The summed E-state index contributed by atoms with van der Waals surface area (Å²) in [4.78, 5) is 34.5. The lowest BCUT2D eigenvalue weighted by Crippen LogP contribution is -2.02. The Morgan fingerprint density at radius 3 is 1.12 bits per heavy atom. The minimum atomic E-state index is 0.575. The molecule has 4 aromatic heterocycles. The highest BCUT2D eigenvalue weighted by Crippen LogP contribution is 2.49. The molecular formula is C114H68N6S2. The van der Waals surface area contributed by atoms with Gasteiger partial charge in [-0.15, -0.1) is 22.7 Å². The van der Waals surface area contributed by atoms with Gasteiger partial charge in [0.25, 0.3) is 0 Å². The average Bonchev–Trinajstić information content (AvgIpc) is 1.30. The van der Waals surface area contributed by atoms with Crippen LogP contribution < -0.4 is 0 Å². The highest BCUT2D eigenvalue weighted by atomic mass is 32.1. The minimum absolute atomic E-state index is 0.575. The molecule has 8 heteroatoms. The van der Waals surface area contributed by atoms with Crippen LogP contribution in [0.2, 0.25) is 0 Å². The number of thiophene rings is 2. The lowest BCUT2D eigenvalue weighted by Gasteiger charge is -2.17. The maximum absolute atomic E-state index is 5.83. The maximum atomic E-state index is 5.83. The third-order valence-corrected chi connectivity index (χ3v) is 26.8. The number of nitrogens with zero attached hydrogens (tertiary/aromatic N) is 6. The van der Waals surface area contributed by atoms with Gasteiger partial charge in [-0.05, 0) is 191 Å². The summed E-state index contributed by atoms with van der Waals surface area (Å²) in [6.07, 6.45) is 0. The molecule has 0 saturated carbocycles. The van der Waals surface area contributed by atoms with Gasteiger partial charge in [0.1, 0.15) is 0 Å². The predicted octanol–water partition coefficient (Wildman–Crippen LogP) is 31.4. The first-order valence-corrected chi connectivity index (χ1v) is 42.9. The van der Waals surface area contributed by atoms with Crippen LogP contribution in [0, 0.1) is 0 Å². The van der Waals surface area contributed by atoms with Crippen LogP contribution in [0.15, 0.2) is 413 Å². The molecule has 4 heterocycles. The monoisotopic (exact) mass is 1580 g/mol. The Hall–Kier alpha value is -15.6. The smallest absolute Gasteiger partial charge is 0.165 e. The van der Waals surface area contributed by atoms with E-state index in [1.165, 1.54) is 32.0 Å². The van der Waals surface area contributed by atoms with Crippen molar-refractivity contribution < 1.29 is 0 Å². The summed E-state index contributed by atoms with van der Waals surface area (Å²) >= 11 is 3.56. The molecule has 0 saturated heterocycles. The van der Waals surface area contributed by atoms with Crippen LogP contribution in [0.5, 0.6) is 0 Å². The summed E-state index contributed by atoms with van der Waals surface area (Å²) < 4.78 is 4.55. The van der Waals surface area contributed by atoms with Crippen molar-refractivity contribution in [3.8, 4) is 146 Å². The van der Waals surface area contributed by atoms with E-state index < -0.39 is 0 Å². The minimum Gasteiger partial charge on any atom is -0.208 e. The zero-order chi connectivity index (χ0) is 80.3. The highest BCUT2D eigenvalue weighted by molar-refractivity contribution is 7.26. The molecule has 0 unspecified atom stereocenters. The predicted molar refractivity (Wildman–Crippen MR) is 515 cm³/mol. The van der Waals surface area contributed by atoms with E-state index in [-0.39, 0.29) is 0 Å². The number of hydrogen-bond donors (Lipinski definition) is 0. The number of aromatic nitrogens is 6. The molecule has 0 spiro atoms. The fourth-order valence-electron chi connectivity index (χ4n) is 18.4. The Kier molecular flexibility index (Phi) is 16.9. The van der Waals surface area contributed by atoms with Crippen molar-refractivity contribution in [1.29, 1.82) is 0 Å². The summed E-state index contributed by atoms with van der Waals surface area (Å²) in [5, 5.41) is 17.8. The van der Waals surface area contributed by atoms with Crippen molar-refractivity contribution in [1.82, 2.24) is 29.9 Å². The van der Waals surface area contributed by atoms with Gasteiger partial charge in [-0.1, -0.05) is 364 Å². The number of fused-ring (bicyclic) bond motifs is 12. The second kappa shape index (κ2) is 29.2. The molecule has 0 fully saturated rings. The molecule has 0 radical (unpaired) electrons. The summed E-state index contributed by atoms with van der Waals surface area (Å²) in [7, 11) is 0. The normalized spacial score (nSPS) is 11.8. The van der Waals surface area contributed by atoms with Crippen LogP contribution in [-0.2, 0) is 0 Å². The molecule has 0 aliphatic heterocycles. The van der Waals surface area contributed by atoms with E-state index in [0.29, 0.717) is 34.9 Å². The van der Waals surface area contributed by atoms with Crippen LogP contribution in [0.4, 0.5) is 0 Å². The fraction of sp³-hybridized carbons (Fsp3) is 0. The third-order valence-electron chi connectivity index (χ3n) is 24.4.